The van der Waals surface area contributed by atoms with Gasteiger partial charge in [-0.1, -0.05) is 49.0 Å². The minimum Gasteiger partial charge on any atom is -0.359 e. The second-order valence-electron chi connectivity index (χ2n) is 7.13. The first-order chi connectivity index (χ1) is 10.2. The topological polar surface area (TPSA) is 24.4 Å². The summed E-state index contributed by atoms with van der Waals surface area (Å²) >= 11 is 1.95. The maximum atomic E-state index is 4.98. The Labute approximate surface area is 131 Å². The van der Waals surface area contributed by atoms with Crippen molar-refractivity contribution in [2.24, 2.45) is 10.9 Å². The average Bonchev–Trinajstić information content (AvgIpc) is 3.17. The summed E-state index contributed by atoms with van der Waals surface area (Å²) < 4.78 is 0. The van der Waals surface area contributed by atoms with Crippen LogP contribution in [0.4, 0.5) is 0 Å². The van der Waals surface area contributed by atoms with E-state index < -0.39 is 0 Å². The molecular formula is C18H24N2S. The van der Waals surface area contributed by atoms with Gasteiger partial charge in [-0.15, -0.1) is 0 Å². The first-order valence-corrected chi connectivity index (χ1v) is 9.26. The Morgan fingerprint density at radius 1 is 1.19 bits per heavy atom. The van der Waals surface area contributed by atoms with E-state index in [4.69, 9.17) is 4.99 Å². The summed E-state index contributed by atoms with van der Waals surface area (Å²) in [6, 6.07) is 11.4. The minimum atomic E-state index is 0.368. The molecule has 1 N–H and O–H groups in total. The zero-order valence-corrected chi connectivity index (χ0v) is 13.5. The van der Waals surface area contributed by atoms with Gasteiger partial charge in [-0.3, -0.25) is 4.99 Å². The van der Waals surface area contributed by atoms with Crippen LogP contribution >= 0.6 is 11.8 Å². The zero-order chi connectivity index (χ0) is 14.3. The molecule has 1 heterocycles. The van der Waals surface area contributed by atoms with E-state index in [0.29, 0.717) is 17.5 Å². The molecule has 1 aliphatic heterocycles. The predicted molar refractivity (Wildman–Crippen MR) is 91.0 cm³/mol. The first kappa shape index (κ1) is 13.7. The lowest BCUT2D eigenvalue weighted by Gasteiger charge is -2.35. The first-order valence-electron chi connectivity index (χ1n) is 8.28. The third-order valence-electron chi connectivity index (χ3n) is 5.36. The van der Waals surface area contributed by atoms with E-state index in [9.17, 15) is 0 Å². The number of amidine groups is 1. The standard InChI is InChI=1S/C18H24N2S/c1-13-7-9-18(10-8-13)12-21-17(20-18)19-16-11-15(16)14-5-3-2-4-6-14/h2-6,13,15-16H,7-12H2,1H3,(H,19,20). The largest absolute Gasteiger partial charge is 0.359 e. The Hall–Kier alpha value is -0.960. The van der Waals surface area contributed by atoms with Gasteiger partial charge in [0.25, 0.3) is 0 Å². The van der Waals surface area contributed by atoms with E-state index in [1.54, 1.807) is 0 Å². The molecule has 1 aromatic carbocycles. The highest BCUT2D eigenvalue weighted by atomic mass is 32.2. The van der Waals surface area contributed by atoms with Crippen molar-refractivity contribution >= 4 is 16.9 Å². The maximum absolute atomic E-state index is 4.98. The van der Waals surface area contributed by atoms with Gasteiger partial charge >= 0.3 is 0 Å². The van der Waals surface area contributed by atoms with Gasteiger partial charge < -0.3 is 5.32 Å². The van der Waals surface area contributed by atoms with Crippen molar-refractivity contribution in [2.45, 2.75) is 56.5 Å². The van der Waals surface area contributed by atoms with Crippen LogP contribution in [0, 0.1) is 5.92 Å². The molecule has 2 atom stereocenters. The molecule has 112 valence electrons. The van der Waals surface area contributed by atoms with Gasteiger partial charge in [-0.2, -0.15) is 0 Å². The van der Waals surface area contributed by atoms with E-state index >= 15 is 0 Å². The zero-order valence-electron chi connectivity index (χ0n) is 12.7. The second kappa shape index (κ2) is 5.35. The minimum absolute atomic E-state index is 0.368. The highest BCUT2D eigenvalue weighted by Crippen LogP contribution is 2.45. The Morgan fingerprint density at radius 2 is 1.95 bits per heavy atom. The average molecular weight is 300 g/mol. The van der Waals surface area contributed by atoms with Gasteiger partial charge in [0.15, 0.2) is 5.17 Å². The van der Waals surface area contributed by atoms with Gasteiger partial charge in [-0.25, -0.2) is 0 Å². The summed E-state index contributed by atoms with van der Waals surface area (Å²) in [5.74, 6) is 2.79. The van der Waals surface area contributed by atoms with E-state index in [1.165, 1.54) is 48.6 Å². The molecule has 2 saturated carbocycles. The van der Waals surface area contributed by atoms with E-state index in [0.717, 1.165) is 5.92 Å². The van der Waals surface area contributed by atoms with Crippen LogP contribution in [0.2, 0.25) is 0 Å². The van der Waals surface area contributed by atoms with Crippen LogP contribution in [0.25, 0.3) is 0 Å². The second-order valence-corrected chi connectivity index (χ2v) is 8.10. The molecule has 3 heteroatoms. The van der Waals surface area contributed by atoms with Crippen molar-refractivity contribution in [3.8, 4) is 0 Å². The Balaban J connectivity index is 1.38. The number of thioether (sulfide) groups is 1. The number of hydrogen-bond donors (Lipinski definition) is 1. The van der Waals surface area contributed by atoms with E-state index in [1.807, 2.05) is 11.8 Å². The van der Waals surface area contributed by atoms with Gasteiger partial charge in [0.2, 0.25) is 0 Å². The highest BCUT2D eigenvalue weighted by molar-refractivity contribution is 8.14. The van der Waals surface area contributed by atoms with Crippen LogP contribution < -0.4 is 5.32 Å². The summed E-state index contributed by atoms with van der Waals surface area (Å²) in [6.45, 7) is 2.39. The molecule has 3 aliphatic rings. The van der Waals surface area contributed by atoms with Crippen molar-refractivity contribution in [2.75, 3.05) is 5.75 Å². The molecule has 0 aromatic heterocycles. The smallest absolute Gasteiger partial charge is 0.157 e. The van der Waals surface area contributed by atoms with Crippen LogP contribution in [0.3, 0.4) is 0 Å². The molecule has 3 fully saturated rings. The SMILES string of the molecule is CC1CCC2(CC1)CSC(=NC1CC1c1ccccc1)N2. The molecule has 2 unspecified atom stereocenters. The summed E-state index contributed by atoms with van der Waals surface area (Å²) in [7, 11) is 0. The van der Waals surface area contributed by atoms with Crippen LogP contribution in [-0.2, 0) is 0 Å². The van der Waals surface area contributed by atoms with E-state index in [2.05, 4.69) is 42.6 Å². The van der Waals surface area contributed by atoms with Gasteiger partial charge in [-0.05, 0) is 43.6 Å². The van der Waals surface area contributed by atoms with Crippen molar-refractivity contribution in [1.29, 1.82) is 0 Å². The number of benzene rings is 1. The molecule has 1 aromatic rings. The number of rotatable bonds is 2. The fraction of sp³-hybridized carbons (Fsp3) is 0.611. The van der Waals surface area contributed by atoms with Gasteiger partial charge in [0.05, 0.1) is 6.04 Å². The summed E-state index contributed by atoms with van der Waals surface area (Å²) in [4.78, 5) is 4.98. The monoisotopic (exact) mass is 300 g/mol. The molecule has 2 nitrogen and oxygen atoms in total. The molecule has 0 radical (unpaired) electrons. The van der Waals surface area contributed by atoms with Gasteiger partial charge in [0.1, 0.15) is 0 Å². The summed E-state index contributed by atoms with van der Waals surface area (Å²) in [5.41, 5.74) is 1.82. The van der Waals surface area contributed by atoms with E-state index in [-0.39, 0.29) is 0 Å². The molecule has 0 amide bonds. The number of aliphatic imine (C=N–C) groups is 1. The molecule has 1 saturated heterocycles. The quantitative estimate of drug-likeness (QED) is 0.886. The van der Waals surface area contributed by atoms with Crippen molar-refractivity contribution in [1.82, 2.24) is 5.32 Å². The number of hydrogen-bond acceptors (Lipinski definition) is 2. The fourth-order valence-corrected chi connectivity index (χ4v) is 4.96. The lowest BCUT2D eigenvalue weighted by atomic mass is 9.78. The van der Waals surface area contributed by atoms with Crippen LogP contribution in [0.15, 0.2) is 35.3 Å². The van der Waals surface area contributed by atoms with Crippen LogP contribution in [0.1, 0.15) is 50.5 Å². The summed E-state index contributed by atoms with van der Waals surface area (Å²) in [5, 5.41) is 5.00. The number of nitrogens with one attached hydrogen (secondary N) is 1. The summed E-state index contributed by atoms with van der Waals surface area (Å²) in [6.07, 6.45) is 6.62. The van der Waals surface area contributed by atoms with Crippen molar-refractivity contribution in [3.05, 3.63) is 35.9 Å². The fourth-order valence-electron chi connectivity index (χ4n) is 3.69. The van der Waals surface area contributed by atoms with Crippen molar-refractivity contribution < 1.29 is 0 Å². The molecular weight excluding hydrogens is 276 g/mol. The lowest BCUT2D eigenvalue weighted by Crippen LogP contribution is -2.46. The van der Waals surface area contributed by atoms with Crippen LogP contribution in [-0.4, -0.2) is 22.5 Å². The molecule has 2 aliphatic carbocycles. The normalized spacial score (nSPS) is 40.4. The molecule has 1 spiro atoms. The Kier molecular flexibility index (Phi) is 3.49. The third kappa shape index (κ3) is 2.85. The molecule has 21 heavy (non-hydrogen) atoms. The Morgan fingerprint density at radius 3 is 2.71 bits per heavy atom. The molecule has 0 bridgehead atoms. The lowest BCUT2D eigenvalue weighted by molar-refractivity contribution is 0.251. The van der Waals surface area contributed by atoms with Crippen LogP contribution in [0.5, 0.6) is 0 Å². The van der Waals surface area contributed by atoms with Gasteiger partial charge in [0, 0.05) is 17.2 Å². The highest BCUT2D eigenvalue weighted by Gasteiger charge is 2.42. The van der Waals surface area contributed by atoms with Crippen molar-refractivity contribution in [3.63, 3.8) is 0 Å². The molecule has 4 rings (SSSR count). The number of nitrogens with zero attached hydrogens (tertiary/aromatic N) is 1. The maximum Gasteiger partial charge on any atom is 0.157 e. The Bertz CT molecular complexity index is 531. The third-order valence-corrected chi connectivity index (χ3v) is 6.53. The predicted octanol–water partition coefficient (Wildman–Crippen LogP) is 4.18.